The summed E-state index contributed by atoms with van der Waals surface area (Å²) in [7, 11) is 0. The number of ketones is 1. The summed E-state index contributed by atoms with van der Waals surface area (Å²) in [6.45, 7) is 0. The first kappa shape index (κ1) is 5.99. The first-order valence-electron chi connectivity index (χ1n) is 4.49. The van der Waals surface area contributed by atoms with Gasteiger partial charge in [0.1, 0.15) is 0 Å². The van der Waals surface area contributed by atoms with E-state index in [9.17, 15) is 4.79 Å². The van der Waals surface area contributed by atoms with Crippen LogP contribution in [0.1, 0.15) is 32.1 Å². The van der Waals surface area contributed by atoms with Gasteiger partial charge in [0.05, 0.1) is 0 Å². The summed E-state index contributed by atoms with van der Waals surface area (Å²) in [6.07, 6.45) is 10.2. The Morgan fingerprint density at radius 1 is 1.36 bits per heavy atom. The van der Waals surface area contributed by atoms with Crippen molar-refractivity contribution >= 4 is 5.78 Å². The monoisotopic (exact) mass is 148 g/mol. The minimum Gasteiger partial charge on any atom is -0.295 e. The van der Waals surface area contributed by atoms with Crippen LogP contribution in [-0.4, -0.2) is 5.78 Å². The van der Waals surface area contributed by atoms with E-state index in [2.05, 4.69) is 6.08 Å². The fraction of sp³-hybridized carbons (Fsp3) is 0.700. The summed E-state index contributed by atoms with van der Waals surface area (Å²) >= 11 is 0. The predicted molar refractivity (Wildman–Crippen MR) is 42.1 cm³/mol. The van der Waals surface area contributed by atoms with Gasteiger partial charge in [0.25, 0.3) is 0 Å². The molecule has 0 amide bonds. The molecule has 2 atom stereocenters. The van der Waals surface area contributed by atoms with Gasteiger partial charge in [-0.3, -0.25) is 4.79 Å². The summed E-state index contributed by atoms with van der Waals surface area (Å²) < 4.78 is 0. The van der Waals surface area contributed by atoms with Crippen molar-refractivity contribution in [2.75, 3.05) is 0 Å². The van der Waals surface area contributed by atoms with Crippen molar-refractivity contribution in [1.82, 2.24) is 0 Å². The van der Waals surface area contributed by atoms with Gasteiger partial charge >= 0.3 is 0 Å². The quantitative estimate of drug-likeness (QED) is 0.514. The minimum atomic E-state index is 0.361. The van der Waals surface area contributed by atoms with E-state index in [4.69, 9.17) is 0 Å². The number of hydrogen-bond donors (Lipinski definition) is 0. The predicted octanol–water partition coefficient (Wildman–Crippen LogP) is 2.08. The van der Waals surface area contributed by atoms with Crippen LogP contribution in [0.2, 0.25) is 0 Å². The smallest absolute Gasteiger partial charge is 0.155 e. The number of allylic oxidation sites excluding steroid dienone is 2. The van der Waals surface area contributed by atoms with Crippen LogP contribution in [0.3, 0.4) is 0 Å². The first-order valence-corrected chi connectivity index (χ1v) is 4.49. The zero-order valence-electron chi connectivity index (χ0n) is 6.60. The van der Waals surface area contributed by atoms with E-state index in [1.165, 1.54) is 25.7 Å². The van der Waals surface area contributed by atoms with E-state index < -0.39 is 0 Å². The summed E-state index contributed by atoms with van der Waals surface area (Å²) in [5.74, 6) is 0.361. The third kappa shape index (κ3) is 0.524. The molecule has 3 aliphatic rings. The van der Waals surface area contributed by atoms with Gasteiger partial charge < -0.3 is 0 Å². The van der Waals surface area contributed by atoms with Crippen molar-refractivity contribution in [2.24, 2.45) is 10.8 Å². The largest absolute Gasteiger partial charge is 0.295 e. The zero-order valence-corrected chi connectivity index (χ0v) is 6.60. The van der Waals surface area contributed by atoms with Gasteiger partial charge in [0.15, 0.2) is 5.78 Å². The second-order valence-electron chi connectivity index (χ2n) is 4.44. The highest BCUT2D eigenvalue weighted by molar-refractivity contribution is 5.92. The van der Waals surface area contributed by atoms with Crippen LogP contribution in [0.4, 0.5) is 0 Å². The lowest BCUT2D eigenvalue weighted by Crippen LogP contribution is -2.15. The molecule has 11 heavy (non-hydrogen) atoms. The SMILES string of the molecule is O=C1C=C[C@]23CCC[C@@]2(C1)C3. The average molecular weight is 148 g/mol. The van der Waals surface area contributed by atoms with Gasteiger partial charge in [-0.25, -0.2) is 0 Å². The molecule has 0 bridgehead atoms. The van der Waals surface area contributed by atoms with Crippen LogP contribution in [0.5, 0.6) is 0 Å². The molecule has 2 saturated carbocycles. The van der Waals surface area contributed by atoms with Crippen molar-refractivity contribution in [2.45, 2.75) is 32.1 Å². The third-order valence-electron chi connectivity index (χ3n) is 3.96. The standard InChI is InChI=1S/C10H12O/c11-8-2-5-9-3-1-4-10(9,6-8)7-9/h2,5H,1,3-4,6-7H2/t9-,10+/m0/s1. The van der Waals surface area contributed by atoms with Crippen LogP contribution in [0, 0.1) is 10.8 Å². The molecule has 0 N–H and O–H groups in total. The first-order chi connectivity index (χ1) is 5.27. The molecule has 0 aromatic carbocycles. The van der Waals surface area contributed by atoms with Crippen LogP contribution < -0.4 is 0 Å². The highest BCUT2D eigenvalue weighted by Gasteiger charge is 2.69. The van der Waals surface area contributed by atoms with Crippen molar-refractivity contribution in [3.05, 3.63) is 12.2 Å². The van der Waals surface area contributed by atoms with E-state index >= 15 is 0 Å². The van der Waals surface area contributed by atoms with Gasteiger partial charge in [-0.2, -0.15) is 0 Å². The van der Waals surface area contributed by atoms with E-state index in [-0.39, 0.29) is 0 Å². The second-order valence-corrected chi connectivity index (χ2v) is 4.44. The Labute approximate surface area is 66.5 Å². The molecular weight excluding hydrogens is 136 g/mol. The molecule has 1 heteroatoms. The van der Waals surface area contributed by atoms with Gasteiger partial charge in [-0.1, -0.05) is 12.5 Å². The normalized spacial score (nSPS) is 52.2. The molecule has 2 fully saturated rings. The van der Waals surface area contributed by atoms with Crippen molar-refractivity contribution in [3.63, 3.8) is 0 Å². The minimum absolute atomic E-state index is 0.361. The van der Waals surface area contributed by atoms with Crippen LogP contribution in [0.25, 0.3) is 0 Å². The Morgan fingerprint density at radius 3 is 3.18 bits per heavy atom. The molecule has 58 valence electrons. The Hall–Kier alpha value is -0.590. The molecular formula is C10H12O. The van der Waals surface area contributed by atoms with Gasteiger partial charge in [0, 0.05) is 6.42 Å². The Morgan fingerprint density at radius 2 is 2.27 bits per heavy atom. The summed E-state index contributed by atoms with van der Waals surface area (Å²) in [5, 5.41) is 0. The zero-order chi connectivity index (χ0) is 7.53. The van der Waals surface area contributed by atoms with Crippen molar-refractivity contribution in [1.29, 1.82) is 0 Å². The molecule has 0 aromatic rings. The molecule has 0 radical (unpaired) electrons. The van der Waals surface area contributed by atoms with Crippen LogP contribution in [0.15, 0.2) is 12.2 Å². The van der Waals surface area contributed by atoms with Gasteiger partial charge in [-0.15, -0.1) is 0 Å². The molecule has 3 aliphatic carbocycles. The number of carbonyl (C=O) groups is 1. The third-order valence-corrected chi connectivity index (χ3v) is 3.96. The lowest BCUT2D eigenvalue weighted by molar-refractivity contribution is -0.116. The number of carbonyl (C=O) groups excluding carboxylic acids is 1. The highest BCUT2D eigenvalue weighted by atomic mass is 16.1. The topological polar surface area (TPSA) is 17.1 Å². The fourth-order valence-electron chi connectivity index (χ4n) is 3.28. The van der Waals surface area contributed by atoms with E-state index in [0.29, 0.717) is 16.6 Å². The molecule has 0 saturated heterocycles. The molecule has 0 aliphatic heterocycles. The number of hydrogen-bond acceptors (Lipinski definition) is 1. The molecule has 0 unspecified atom stereocenters. The Balaban J connectivity index is 2.07. The maximum Gasteiger partial charge on any atom is 0.155 e. The molecule has 0 aromatic heterocycles. The van der Waals surface area contributed by atoms with Crippen LogP contribution in [-0.2, 0) is 4.79 Å². The molecule has 0 spiro atoms. The lowest BCUT2D eigenvalue weighted by atomic mass is 9.86. The van der Waals surface area contributed by atoms with Crippen LogP contribution >= 0.6 is 0 Å². The molecule has 1 nitrogen and oxygen atoms in total. The molecule has 0 heterocycles. The van der Waals surface area contributed by atoms with Gasteiger partial charge in [-0.05, 0) is 36.2 Å². The molecule has 3 rings (SSSR count). The average Bonchev–Trinajstić information content (AvgIpc) is 2.47. The second kappa shape index (κ2) is 1.45. The fourth-order valence-corrected chi connectivity index (χ4v) is 3.28. The van der Waals surface area contributed by atoms with Crippen molar-refractivity contribution < 1.29 is 4.79 Å². The maximum absolute atomic E-state index is 11.1. The maximum atomic E-state index is 11.1. The van der Waals surface area contributed by atoms with E-state index in [1.807, 2.05) is 6.08 Å². The van der Waals surface area contributed by atoms with Crippen molar-refractivity contribution in [3.8, 4) is 0 Å². The van der Waals surface area contributed by atoms with E-state index in [0.717, 1.165) is 6.42 Å². The Kier molecular flexibility index (Phi) is 0.790. The van der Waals surface area contributed by atoms with E-state index in [1.54, 1.807) is 0 Å². The Bertz CT molecular complexity index is 266. The van der Waals surface area contributed by atoms with Gasteiger partial charge in [0.2, 0.25) is 0 Å². The summed E-state index contributed by atoms with van der Waals surface area (Å²) in [4.78, 5) is 11.1. The number of rotatable bonds is 0. The summed E-state index contributed by atoms with van der Waals surface area (Å²) in [5.41, 5.74) is 0.986. The highest BCUT2D eigenvalue weighted by Crippen LogP contribution is 2.77. The summed E-state index contributed by atoms with van der Waals surface area (Å²) in [6, 6.07) is 0. The lowest BCUT2D eigenvalue weighted by Gasteiger charge is -2.17.